The summed E-state index contributed by atoms with van der Waals surface area (Å²) in [5, 5.41) is 10.5. The highest BCUT2D eigenvalue weighted by Gasteiger charge is 2.25. The Bertz CT molecular complexity index is 1190. The number of likely N-dealkylation sites (tertiary alicyclic amines) is 1. The number of para-hydroxylation sites is 1. The molecule has 0 unspecified atom stereocenters. The second-order valence-electron chi connectivity index (χ2n) is 8.11. The van der Waals surface area contributed by atoms with E-state index in [2.05, 4.69) is 34.4 Å². The Morgan fingerprint density at radius 3 is 2.70 bits per heavy atom. The molecule has 6 nitrogen and oxygen atoms in total. The fourth-order valence-electron chi connectivity index (χ4n) is 4.68. The van der Waals surface area contributed by atoms with Crippen LogP contribution in [0.5, 0.6) is 0 Å². The van der Waals surface area contributed by atoms with E-state index in [0.717, 1.165) is 42.7 Å². The van der Waals surface area contributed by atoms with Gasteiger partial charge in [-0.2, -0.15) is 5.26 Å². The highest BCUT2D eigenvalue weighted by Crippen LogP contribution is 2.33. The van der Waals surface area contributed by atoms with Crippen molar-refractivity contribution in [3.8, 4) is 6.07 Å². The van der Waals surface area contributed by atoms with Crippen LogP contribution in [0.3, 0.4) is 0 Å². The Hall–Kier alpha value is -3.33. The van der Waals surface area contributed by atoms with Crippen molar-refractivity contribution in [2.75, 3.05) is 13.1 Å². The van der Waals surface area contributed by atoms with Crippen LogP contribution in [0.2, 0.25) is 0 Å². The number of aromatic nitrogens is 2. The summed E-state index contributed by atoms with van der Waals surface area (Å²) < 4.78 is 0. The van der Waals surface area contributed by atoms with Crippen LogP contribution in [0.1, 0.15) is 53.1 Å². The number of nitriles is 1. The molecule has 2 aromatic heterocycles. The van der Waals surface area contributed by atoms with Gasteiger partial charge in [-0.15, -0.1) is 0 Å². The lowest BCUT2D eigenvalue weighted by Crippen LogP contribution is -2.38. The zero-order chi connectivity index (χ0) is 21.3. The van der Waals surface area contributed by atoms with Gasteiger partial charge in [-0.25, -0.2) is 0 Å². The summed E-state index contributed by atoms with van der Waals surface area (Å²) in [5.74, 6) is 0.600. The smallest absolute Gasteiger partial charge is 0.266 e. The molecule has 0 bridgehead atoms. The molecule has 30 heavy (non-hydrogen) atoms. The van der Waals surface area contributed by atoms with Crippen molar-refractivity contribution in [2.45, 2.75) is 45.4 Å². The van der Waals surface area contributed by atoms with Gasteiger partial charge in [-0.3, -0.25) is 9.59 Å². The molecule has 0 radical (unpaired) electrons. The van der Waals surface area contributed by atoms with Gasteiger partial charge in [-0.1, -0.05) is 18.2 Å². The number of aryl methyl sites for hydroxylation is 1. The van der Waals surface area contributed by atoms with E-state index in [4.69, 9.17) is 0 Å². The molecular formula is C24H26N4O2. The molecule has 2 N–H and O–H groups in total. The lowest BCUT2D eigenvalue weighted by atomic mass is 9.89. The molecule has 1 fully saturated rings. The Balaban J connectivity index is 1.39. The number of rotatable bonds is 4. The molecule has 0 saturated carbocycles. The third-order valence-corrected chi connectivity index (χ3v) is 6.42. The number of amides is 1. The zero-order valence-electron chi connectivity index (χ0n) is 17.4. The van der Waals surface area contributed by atoms with Crippen molar-refractivity contribution in [2.24, 2.45) is 0 Å². The molecule has 1 amide bonds. The molecule has 1 aliphatic heterocycles. The zero-order valence-corrected chi connectivity index (χ0v) is 17.4. The molecule has 6 heteroatoms. The minimum Gasteiger partial charge on any atom is -0.361 e. The van der Waals surface area contributed by atoms with Gasteiger partial charge >= 0.3 is 0 Å². The van der Waals surface area contributed by atoms with E-state index in [9.17, 15) is 14.9 Å². The fraction of sp³-hybridized carbons (Fsp3) is 0.375. The number of hydrogen-bond donors (Lipinski definition) is 2. The van der Waals surface area contributed by atoms with Crippen molar-refractivity contribution < 1.29 is 4.79 Å². The van der Waals surface area contributed by atoms with Crippen molar-refractivity contribution in [3.05, 3.63) is 68.8 Å². The maximum atomic E-state index is 12.8. The van der Waals surface area contributed by atoms with Crippen LogP contribution >= 0.6 is 0 Å². The molecule has 0 atom stereocenters. The highest BCUT2D eigenvalue weighted by molar-refractivity contribution is 5.83. The summed E-state index contributed by atoms with van der Waals surface area (Å²) in [5.41, 5.74) is 4.61. The normalized spacial score (nSPS) is 14.8. The molecule has 3 heterocycles. The van der Waals surface area contributed by atoms with E-state index in [1.54, 1.807) is 6.92 Å². The Morgan fingerprint density at radius 1 is 1.23 bits per heavy atom. The number of piperidine rings is 1. The maximum Gasteiger partial charge on any atom is 0.266 e. The maximum absolute atomic E-state index is 12.8. The first-order chi connectivity index (χ1) is 14.5. The number of pyridine rings is 1. The molecule has 1 aliphatic rings. The molecule has 1 aromatic carbocycles. The molecule has 154 valence electrons. The van der Waals surface area contributed by atoms with Gasteiger partial charge in [0.25, 0.3) is 5.56 Å². The van der Waals surface area contributed by atoms with Gasteiger partial charge in [0, 0.05) is 42.3 Å². The van der Waals surface area contributed by atoms with Gasteiger partial charge < -0.3 is 14.9 Å². The lowest BCUT2D eigenvalue weighted by molar-refractivity contribution is -0.132. The molecule has 0 spiro atoms. The number of fused-ring (bicyclic) bond motifs is 1. The third-order valence-electron chi connectivity index (χ3n) is 6.42. The number of carbonyl (C=O) groups is 1. The summed E-state index contributed by atoms with van der Waals surface area (Å²) in [7, 11) is 0. The van der Waals surface area contributed by atoms with Crippen molar-refractivity contribution >= 4 is 16.8 Å². The van der Waals surface area contributed by atoms with Crippen LogP contribution in [-0.2, 0) is 11.2 Å². The minimum absolute atomic E-state index is 0.135. The number of nitrogens with one attached hydrogen (secondary N) is 2. The second kappa shape index (κ2) is 8.19. The van der Waals surface area contributed by atoms with Gasteiger partial charge in [-0.05, 0) is 61.8 Å². The molecule has 1 saturated heterocycles. The van der Waals surface area contributed by atoms with E-state index in [-0.39, 0.29) is 17.0 Å². The van der Waals surface area contributed by atoms with Crippen LogP contribution in [0.25, 0.3) is 10.9 Å². The van der Waals surface area contributed by atoms with Crippen LogP contribution in [-0.4, -0.2) is 33.9 Å². The van der Waals surface area contributed by atoms with E-state index < -0.39 is 0 Å². The standard InChI is InChI=1S/C24H26N4O2/c1-15-18(16(2)27-24(30)20(15)13-25)7-8-23(29)28-11-9-17(10-12-28)21-14-26-22-6-4-3-5-19(21)22/h3-6,14,17,26H,7-12H2,1-2H3,(H,27,30). The fourth-order valence-corrected chi connectivity index (χ4v) is 4.68. The van der Waals surface area contributed by atoms with Crippen molar-refractivity contribution in [1.29, 1.82) is 5.26 Å². The molecular weight excluding hydrogens is 376 g/mol. The van der Waals surface area contributed by atoms with E-state index in [1.807, 2.05) is 24.0 Å². The predicted octanol–water partition coefficient (Wildman–Crippen LogP) is 3.68. The second-order valence-corrected chi connectivity index (χ2v) is 8.11. The summed E-state index contributed by atoms with van der Waals surface area (Å²) >= 11 is 0. The number of nitrogens with zero attached hydrogens (tertiary/aromatic N) is 2. The monoisotopic (exact) mass is 402 g/mol. The van der Waals surface area contributed by atoms with Crippen LogP contribution in [0.15, 0.2) is 35.3 Å². The van der Waals surface area contributed by atoms with E-state index in [1.165, 1.54) is 10.9 Å². The van der Waals surface area contributed by atoms with Gasteiger partial charge in [0.15, 0.2) is 0 Å². The number of benzene rings is 1. The van der Waals surface area contributed by atoms with E-state index >= 15 is 0 Å². The topological polar surface area (TPSA) is 92.8 Å². The Kier molecular flexibility index (Phi) is 5.45. The number of H-pyrrole nitrogens is 2. The quantitative estimate of drug-likeness (QED) is 0.697. The highest BCUT2D eigenvalue weighted by atomic mass is 16.2. The average Bonchev–Trinajstić information content (AvgIpc) is 3.18. The third kappa shape index (κ3) is 3.63. The minimum atomic E-state index is -0.359. The summed E-state index contributed by atoms with van der Waals surface area (Å²) in [4.78, 5) is 32.7. The molecule has 4 rings (SSSR count). The number of hydrogen-bond acceptors (Lipinski definition) is 3. The Labute approximate surface area is 175 Å². The van der Waals surface area contributed by atoms with Gasteiger partial charge in [0.1, 0.15) is 11.6 Å². The SMILES string of the molecule is Cc1[nH]c(=O)c(C#N)c(C)c1CCC(=O)N1CCC(c2c[nH]c3ccccc23)CC1. The first-order valence-electron chi connectivity index (χ1n) is 10.5. The van der Waals surface area contributed by atoms with Gasteiger partial charge in [0.05, 0.1) is 0 Å². The largest absolute Gasteiger partial charge is 0.361 e. The predicted molar refractivity (Wildman–Crippen MR) is 116 cm³/mol. The average molecular weight is 402 g/mol. The van der Waals surface area contributed by atoms with Gasteiger partial charge in [0.2, 0.25) is 5.91 Å². The molecule has 3 aromatic rings. The van der Waals surface area contributed by atoms with Crippen LogP contribution in [0, 0.1) is 25.2 Å². The van der Waals surface area contributed by atoms with Crippen molar-refractivity contribution in [1.82, 2.24) is 14.9 Å². The molecule has 0 aliphatic carbocycles. The Morgan fingerprint density at radius 2 is 1.97 bits per heavy atom. The summed E-state index contributed by atoms with van der Waals surface area (Å²) in [6.07, 6.45) is 4.95. The first kappa shape index (κ1) is 20.0. The number of aromatic amines is 2. The summed E-state index contributed by atoms with van der Waals surface area (Å²) in [6, 6.07) is 10.3. The van der Waals surface area contributed by atoms with Crippen LogP contribution < -0.4 is 5.56 Å². The number of carbonyl (C=O) groups excluding carboxylic acids is 1. The van der Waals surface area contributed by atoms with Crippen LogP contribution in [0.4, 0.5) is 0 Å². The van der Waals surface area contributed by atoms with E-state index in [0.29, 0.717) is 24.3 Å². The summed E-state index contributed by atoms with van der Waals surface area (Å²) in [6.45, 7) is 5.13. The first-order valence-corrected chi connectivity index (χ1v) is 10.5. The van der Waals surface area contributed by atoms with Crippen molar-refractivity contribution in [3.63, 3.8) is 0 Å². The lowest BCUT2D eigenvalue weighted by Gasteiger charge is -2.32.